The van der Waals surface area contributed by atoms with Gasteiger partial charge in [0.05, 0.1) is 6.42 Å². The molecule has 0 aromatic heterocycles. The van der Waals surface area contributed by atoms with Crippen LogP contribution in [0.25, 0.3) is 0 Å². The highest BCUT2D eigenvalue weighted by Crippen LogP contribution is 2.20. The maximum Gasteiger partial charge on any atom is 0.227 e. The standard InChI is InChI=1S/C14H16BrF2NO/c15-9-11-3-1-2-6-18(11)14(19)8-10-4-5-12(16)13(17)7-10/h4-5,7,11H,1-3,6,8-9H2. The molecule has 0 saturated carbocycles. The van der Waals surface area contributed by atoms with Crippen LogP contribution in [0.2, 0.25) is 0 Å². The van der Waals surface area contributed by atoms with E-state index in [2.05, 4.69) is 15.9 Å². The van der Waals surface area contributed by atoms with Crippen molar-refractivity contribution in [1.82, 2.24) is 4.90 Å². The van der Waals surface area contributed by atoms with Gasteiger partial charge in [0, 0.05) is 17.9 Å². The van der Waals surface area contributed by atoms with Gasteiger partial charge in [-0.15, -0.1) is 0 Å². The van der Waals surface area contributed by atoms with Crippen molar-refractivity contribution in [3.05, 3.63) is 35.4 Å². The second kappa shape index (κ2) is 6.46. The summed E-state index contributed by atoms with van der Waals surface area (Å²) in [4.78, 5) is 14.1. The molecule has 1 fully saturated rings. The molecule has 1 aliphatic rings. The summed E-state index contributed by atoms with van der Waals surface area (Å²) in [5.41, 5.74) is 0.516. The summed E-state index contributed by atoms with van der Waals surface area (Å²) < 4.78 is 25.9. The van der Waals surface area contributed by atoms with Gasteiger partial charge in [0.2, 0.25) is 5.91 Å². The smallest absolute Gasteiger partial charge is 0.227 e. The highest BCUT2D eigenvalue weighted by Gasteiger charge is 2.25. The molecule has 1 amide bonds. The molecule has 1 heterocycles. The van der Waals surface area contributed by atoms with Gasteiger partial charge in [0.25, 0.3) is 0 Å². The van der Waals surface area contributed by atoms with Crippen molar-refractivity contribution in [2.24, 2.45) is 0 Å². The van der Waals surface area contributed by atoms with Crippen LogP contribution in [-0.2, 0) is 11.2 Å². The summed E-state index contributed by atoms with van der Waals surface area (Å²) in [6, 6.07) is 3.84. The van der Waals surface area contributed by atoms with E-state index in [0.717, 1.165) is 43.3 Å². The van der Waals surface area contributed by atoms with Crippen molar-refractivity contribution in [1.29, 1.82) is 0 Å². The van der Waals surface area contributed by atoms with Crippen molar-refractivity contribution in [3.63, 3.8) is 0 Å². The fourth-order valence-corrected chi connectivity index (χ4v) is 3.09. The number of benzene rings is 1. The monoisotopic (exact) mass is 331 g/mol. The van der Waals surface area contributed by atoms with E-state index in [1.54, 1.807) is 0 Å². The Labute approximate surface area is 119 Å². The predicted molar refractivity (Wildman–Crippen MR) is 73.2 cm³/mol. The number of rotatable bonds is 3. The van der Waals surface area contributed by atoms with E-state index in [1.165, 1.54) is 6.07 Å². The van der Waals surface area contributed by atoms with Gasteiger partial charge in [0.1, 0.15) is 0 Å². The molecule has 0 bridgehead atoms. The molecular formula is C14H16BrF2NO. The zero-order valence-corrected chi connectivity index (χ0v) is 12.1. The van der Waals surface area contributed by atoms with E-state index in [-0.39, 0.29) is 18.4 Å². The Morgan fingerprint density at radius 3 is 2.79 bits per heavy atom. The Morgan fingerprint density at radius 2 is 2.11 bits per heavy atom. The van der Waals surface area contributed by atoms with E-state index in [1.807, 2.05) is 4.90 Å². The van der Waals surface area contributed by atoms with Crippen molar-refractivity contribution < 1.29 is 13.6 Å². The molecule has 1 atom stereocenters. The van der Waals surface area contributed by atoms with Crippen LogP contribution in [0.1, 0.15) is 24.8 Å². The predicted octanol–water partition coefficient (Wildman–Crippen LogP) is 3.28. The Kier molecular flexibility index (Phi) is 4.91. The lowest BCUT2D eigenvalue weighted by atomic mass is 10.0. The van der Waals surface area contributed by atoms with E-state index in [4.69, 9.17) is 0 Å². The normalized spacial score (nSPS) is 19.5. The molecule has 0 N–H and O–H groups in total. The number of nitrogens with zero attached hydrogens (tertiary/aromatic N) is 1. The van der Waals surface area contributed by atoms with Crippen LogP contribution in [0.15, 0.2) is 18.2 Å². The molecular weight excluding hydrogens is 316 g/mol. The summed E-state index contributed by atoms with van der Waals surface area (Å²) in [7, 11) is 0. The number of hydrogen-bond donors (Lipinski definition) is 0. The molecule has 1 unspecified atom stereocenters. The van der Waals surface area contributed by atoms with Crippen LogP contribution in [0, 0.1) is 11.6 Å². The van der Waals surface area contributed by atoms with E-state index < -0.39 is 11.6 Å². The largest absolute Gasteiger partial charge is 0.339 e. The number of likely N-dealkylation sites (tertiary alicyclic amines) is 1. The summed E-state index contributed by atoms with van der Waals surface area (Å²) >= 11 is 3.42. The van der Waals surface area contributed by atoms with Gasteiger partial charge >= 0.3 is 0 Å². The molecule has 1 aliphatic heterocycles. The van der Waals surface area contributed by atoms with Crippen molar-refractivity contribution in [2.45, 2.75) is 31.7 Å². The lowest BCUT2D eigenvalue weighted by Gasteiger charge is -2.34. The highest BCUT2D eigenvalue weighted by molar-refractivity contribution is 9.09. The molecule has 0 radical (unpaired) electrons. The number of amides is 1. The maximum absolute atomic E-state index is 13.1. The third-order valence-electron chi connectivity index (χ3n) is 3.46. The van der Waals surface area contributed by atoms with Gasteiger partial charge in [-0.3, -0.25) is 4.79 Å². The number of alkyl halides is 1. The highest BCUT2D eigenvalue weighted by atomic mass is 79.9. The minimum absolute atomic E-state index is 0.0184. The number of piperidine rings is 1. The lowest BCUT2D eigenvalue weighted by molar-refractivity contribution is -0.133. The fourth-order valence-electron chi connectivity index (χ4n) is 2.42. The molecule has 1 saturated heterocycles. The third-order valence-corrected chi connectivity index (χ3v) is 4.21. The second-order valence-electron chi connectivity index (χ2n) is 4.82. The maximum atomic E-state index is 13.1. The van der Waals surface area contributed by atoms with Crippen LogP contribution in [0.3, 0.4) is 0 Å². The quantitative estimate of drug-likeness (QED) is 0.778. The Hall–Kier alpha value is -0.970. The summed E-state index contributed by atoms with van der Waals surface area (Å²) in [6.45, 7) is 0.749. The van der Waals surface area contributed by atoms with Crippen LogP contribution in [0.4, 0.5) is 8.78 Å². The third kappa shape index (κ3) is 3.53. The van der Waals surface area contributed by atoms with Crippen LogP contribution < -0.4 is 0 Å². The summed E-state index contributed by atoms with van der Waals surface area (Å²) in [5.74, 6) is -1.80. The van der Waals surface area contributed by atoms with Crippen LogP contribution >= 0.6 is 15.9 Å². The Bertz CT molecular complexity index is 467. The molecule has 0 spiro atoms. The summed E-state index contributed by atoms with van der Waals surface area (Å²) in [6.07, 6.45) is 3.26. The first-order valence-corrected chi connectivity index (χ1v) is 7.53. The number of halogens is 3. The Morgan fingerprint density at radius 1 is 1.32 bits per heavy atom. The average Bonchev–Trinajstić information content (AvgIpc) is 2.43. The first-order valence-electron chi connectivity index (χ1n) is 6.41. The SMILES string of the molecule is O=C(Cc1ccc(F)c(F)c1)N1CCCCC1CBr. The molecule has 2 nitrogen and oxygen atoms in total. The molecule has 19 heavy (non-hydrogen) atoms. The minimum atomic E-state index is -0.902. The second-order valence-corrected chi connectivity index (χ2v) is 5.46. The van der Waals surface area contributed by atoms with E-state index in [0.29, 0.717) is 5.56 Å². The number of hydrogen-bond acceptors (Lipinski definition) is 1. The zero-order valence-electron chi connectivity index (χ0n) is 10.5. The van der Waals surface area contributed by atoms with Gasteiger partial charge in [0.15, 0.2) is 11.6 Å². The molecule has 1 aromatic rings. The molecule has 104 valence electrons. The lowest BCUT2D eigenvalue weighted by Crippen LogP contribution is -2.45. The minimum Gasteiger partial charge on any atom is -0.339 e. The first-order chi connectivity index (χ1) is 9.11. The van der Waals surface area contributed by atoms with E-state index in [9.17, 15) is 13.6 Å². The number of carbonyl (C=O) groups excluding carboxylic acids is 1. The molecule has 2 rings (SSSR count). The average molecular weight is 332 g/mol. The molecule has 5 heteroatoms. The van der Waals surface area contributed by atoms with Gasteiger partial charge < -0.3 is 4.90 Å². The van der Waals surface area contributed by atoms with Crippen LogP contribution in [0.5, 0.6) is 0 Å². The van der Waals surface area contributed by atoms with E-state index >= 15 is 0 Å². The number of carbonyl (C=O) groups is 1. The van der Waals surface area contributed by atoms with Crippen molar-refractivity contribution >= 4 is 21.8 Å². The Balaban J connectivity index is 2.05. The fraction of sp³-hybridized carbons (Fsp3) is 0.500. The van der Waals surface area contributed by atoms with Crippen molar-refractivity contribution in [2.75, 3.05) is 11.9 Å². The first kappa shape index (κ1) is 14.4. The molecule has 1 aromatic carbocycles. The van der Waals surface area contributed by atoms with Crippen LogP contribution in [-0.4, -0.2) is 28.7 Å². The topological polar surface area (TPSA) is 20.3 Å². The van der Waals surface area contributed by atoms with Crippen molar-refractivity contribution in [3.8, 4) is 0 Å². The molecule has 0 aliphatic carbocycles. The van der Waals surface area contributed by atoms with Gasteiger partial charge in [-0.1, -0.05) is 22.0 Å². The summed E-state index contributed by atoms with van der Waals surface area (Å²) in [5, 5.41) is 0.760. The van der Waals surface area contributed by atoms with Gasteiger partial charge in [-0.2, -0.15) is 0 Å². The zero-order chi connectivity index (χ0) is 13.8. The van der Waals surface area contributed by atoms with Gasteiger partial charge in [-0.25, -0.2) is 8.78 Å². The van der Waals surface area contributed by atoms with Gasteiger partial charge in [-0.05, 0) is 37.0 Å².